The van der Waals surface area contributed by atoms with Gasteiger partial charge in [0.15, 0.2) is 0 Å². The summed E-state index contributed by atoms with van der Waals surface area (Å²) in [5.74, 6) is 0. The van der Waals surface area contributed by atoms with Gasteiger partial charge in [-0.05, 0) is 36.1 Å². The number of nitrogens with zero attached hydrogens (tertiary/aromatic N) is 2. The van der Waals surface area contributed by atoms with Gasteiger partial charge >= 0.3 is 0 Å². The van der Waals surface area contributed by atoms with Gasteiger partial charge in [0, 0.05) is 32.4 Å². The van der Waals surface area contributed by atoms with E-state index in [-0.39, 0.29) is 5.56 Å². The van der Waals surface area contributed by atoms with Gasteiger partial charge in [-0.2, -0.15) is 0 Å². The highest BCUT2D eigenvalue weighted by Crippen LogP contribution is 2.24. The minimum atomic E-state index is 0.0345. The fourth-order valence-corrected chi connectivity index (χ4v) is 2.67. The van der Waals surface area contributed by atoms with Crippen LogP contribution in [0.1, 0.15) is 5.56 Å². The zero-order chi connectivity index (χ0) is 15.9. The van der Waals surface area contributed by atoms with Crippen LogP contribution in [0, 0.1) is 6.92 Å². The molecule has 3 nitrogen and oxygen atoms in total. The first kappa shape index (κ1) is 14.4. The maximum atomic E-state index is 12.7. The van der Waals surface area contributed by atoms with E-state index in [4.69, 9.17) is 0 Å². The van der Waals surface area contributed by atoms with Crippen molar-refractivity contribution >= 4 is 16.6 Å². The van der Waals surface area contributed by atoms with Crippen molar-refractivity contribution in [3.05, 3.63) is 64.4 Å². The van der Waals surface area contributed by atoms with E-state index >= 15 is 0 Å². The fourth-order valence-electron chi connectivity index (χ4n) is 2.67. The Bertz CT molecular complexity index is 890. The summed E-state index contributed by atoms with van der Waals surface area (Å²) in [6.07, 6.45) is 0. The molecule has 0 bridgehead atoms. The van der Waals surface area contributed by atoms with Crippen LogP contribution in [0.2, 0.25) is 0 Å². The van der Waals surface area contributed by atoms with Gasteiger partial charge in [0.1, 0.15) is 0 Å². The Labute approximate surface area is 130 Å². The minimum absolute atomic E-state index is 0.0345. The second-order valence-corrected chi connectivity index (χ2v) is 5.93. The molecule has 22 heavy (non-hydrogen) atoms. The summed E-state index contributed by atoms with van der Waals surface area (Å²) in [5.41, 5.74) is 4.97. The molecular formula is C19H20N2O. The first-order valence-corrected chi connectivity index (χ1v) is 7.35. The lowest BCUT2D eigenvalue weighted by atomic mass is 10.0. The van der Waals surface area contributed by atoms with Crippen LogP contribution in [0.4, 0.5) is 5.69 Å². The van der Waals surface area contributed by atoms with Crippen molar-refractivity contribution in [2.45, 2.75) is 6.92 Å². The molecule has 0 aliphatic rings. The summed E-state index contributed by atoms with van der Waals surface area (Å²) in [7, 11) is 5.84. The van der Waals surface area contributed by atoms with Crippen LogP contribution in [-0.2, 0) is 7.05 Å². The molecule has 3 rings (SSSR count). The van der Waals surface area contributed by atoms with Gasteiger partial charge in [0.2, 0.25) is 0 Å². The molecule has 112 valence electrons. The summed E-state index contributed by atoms with van der Waals surface area (Å²) in [4.78, 5) is 14.7. The number of pyridine rings is 1. The van der Waals surface area contributed by atoms with Gasteiger partial charge in [-0.1, -0.05) is 35.9 Å². The molecule has 0 amide bonds. The summed E-state index contributed by atoms with van der Waals surface area (Å²) >= 11 is 0. The fraction of sp³-hybridized carbons (Fsp3) is 0.211. The van der Waals surface area contributed by atoms with Crippen molar-refractivity contribution in [2.75, 3.05) is 19.0 Å². The summed E-state index contributed by atoms with van der Waals surface area (Å²) in [6.45, 7) is 2.05. The minimum Gasteiger partial charge on any atom is -0.378 e. The smallest absolute Gasteiger partial charge is 0.258 e. The molecule has 0 saturated carbocycles. The normalized spacial score (nSPS) is 10.9. The van der Waals surface area contributed by atoms with Gasteiger partial charge in [-0.15, -0.1) is 0 Å². The first-order valence-electron chi connectivity index (χ1n) is 7.35. The van der Waals surface area contributed by atoms with Crippen molar-refractivity contribution in [3.63, 3.8) is 0 Å². The third kappa shape index (κ3) is 2.39. The van der Waals surface area contributed by atoms with Gasteiger partial charge < -0.3 is 9.47 Å². The molecule has 0 spiro atoms. The van der Waals surface area contributed by atoms with Crippen LogP contribution in [0.3, 0.4) is 0 Å². The maximum Gasteiger partial charge on any atom is 0.258 e. The Balaban J connectivity index is 2.26. The largest absolute Gasteiger partial charge is 0.378 e. The predicted octanol–water partition coefficient (Wildman–Crippen LogP) is 3.58. The molecule has 0 atom stereocenters. The number of aryl methyl sites for hydroxylation is 2. The lowest BCUT2D eigenvalue weighted by molar-refractivity contribution is 0.908. The Hall–Kier alpha value is -2.55. The number of fused-ring (bicyclic) bond motifs is 1. The maximum absolute atomic E-state index is 12.7. The number of hydrogen-bond donors (Lipinski definition) is 0. The van der Waals surface area contributed by atoms with Crippen LogP contribution in [-0.4, -0.2) is 18.7 Å². The third-order valence-corrected chi connectivity index (χ3v) is 4.09. The average Bonchev–Trinajstić information content (AvgIpc) is 2.51. The monoisotopic (exact) mass is 292 g/mol. The van der Waals surface area contributed by atoms with Gasteiger partial charge in [-0.25, -0.2) is 0 Å². The van der Waals surface area contributed by atoms with E-state index in [1.807, 2.05) is 63.3 Å². The zero-order valence-corrected chi connectivity index (χ0v) is 13.4. The highest BCUT2D eigenvalue weighted by atomic mass is 16.1. The second-order valence-electron chi connectivity index (χ2n) is 5.93. The Kier molecular flexibility index (Phi) is 3.49. The topological polar surface area (TPSA) is 25.2 Å². The van der Waals surface area contributed by atoms with E-state index in [9.17, 15) is 4.79 Å². The molecule has 2 aromatic carbocycles. The molecule has 1 heterocycles. The standard InChI is InChI=1S/C19H20N2O/c1-13-5-7-14(8-6-13)17-11-15-9-10-16(20(2)3)12-18(15)21(4)19(17)22/h5-12H,1-4H3. The van der Waals surface area contributed by atoms with Crippen LogP contribution < -0.4 is 10.5 Å². The summed E-state index contributed by atoms with van der Waals surface area (Å²) in [6, 6.07) is 16.3. The van der Waals surface area contributed by atoms with E-state index in [0.717, 1.165) is 27.7 Å². The van der Waals surface area contributed by atoms with E-state index < -0.39 is 0 Å². The molecule has 0 saturated heterocycles. The summed E-state index contributed by atoms with van der Waals surface area (Å²) < 4.78 is 1.73. The van der Waals surface area contributed by atoms with Crippen LogP contribution in [0.5, 0.6) is 0 Å². The van der Waals surface area contributed by atoms with Gasteiger partial charge in [0.05, 0.1) is 5.52 Å². The van der Waals surface area contributed by atoms with Crippen LogP contribution in [0.15, 0.2) is 53.3 Å². The van der Waals surface area contributed by atoms with Gasteiger partial charge in [0.25, 0.3) is 5.56 Å². The number of anilines is 1. The molecule has 3 aromatic rings. The SMILES string of the molecule is Cc1ccc(-c2cc3ccc(N(C)C)cc3n(C)c2=O)cc1. The lowest BCUT2D eigenvalue weighted by Gasteiger charge is -2.15. The second kappa shape index (κ2) is 5.34. The molecule has 0 aliphatic carbocycles. The van der Waals surface area contributed by atoms with E-state index in [1.54, 1.807) is 4.57 Å². The molecule has 1 aromatic heterocycles. The van der Waals surface area contributed by atoms with E-state index in [1.165, 1.54) is 5.56 Å². The van der Waals surface area contributed by atoms with Crippen LogP contribution >= 0.6 is 0 Å². The third-order valence-electron chi connectivity index (χ3n) is 4.09. The van der Waals surface area contributed by atoms with Crippen molar-refractivity contribution < 1.29 is 0 Å². The molecule has 3 heteroatoms. The number of aromatic nitrogens is 1. The highest BCUT2D eigenvalue weighted by Gasteiger charge is 2.09. The number of benzene rings is 2. The predicted molar refractivity (Wildman–Crippen MR) is 93.7 cm³/mol. The van der Waals surface area contributed by atoms with Crippen molar-refractivity contribution in [3.8, 4) is 11.1 Å². The quantitative estimate of drug-likeness (QED) is 0.721. The zero-order valence-electron chi connectivity index (χ0n) is 13.4. The van der Waals surface area contributed by atoms with Crippen molar-refractivity contribution in [1.82, 2.24) is 4.57 Å². The first-order chi connectivity index (χ1) is 10.5. The lowest BCUT2D eigenvalue weighted by Crippen LogP contribution is -2.19. The van der Waals surface area contributed by atoms with E-state index in [0.29, 0.717) is 0 Å². The molecule has 0 fully saturated rings. The molecule has 0 aliphatic heterocycles. The number of rotatable bonds is 2. The number of hydrogen-bond acceptors (Lipinski definition) is 2. The molecule has 0 N–H and O–H groups in total. The Morgan fingerprint density at radius 2 is 1.64 bits per heavy atom. The Morgan fingerprint density at radius 3 is 2.27 bits per heavy atom. The van der Waals surface area contributed by atoms with Crippen LogP contribution in [0.25, 0.3) is 22.0 Å². The molecular weight excluding hydrogens is 272 g/mol. The van der Waals surface area contributed by atoms with Crippen molar-refractivity contribution in [1.29, 1.82) is 0 Å². The highest BCUT2D eigenvalue weighted by molar-refractivity contribution is 5.86. The van der Waals surface area contributed by atoms with Crippen molar-refractivity contribution in [2.24, 2.45) is 7.05 Å². The average molecular weight is 292 g/mol. The summed E-state index contributed by atoms with van der Waals surface area (Å²) in [5, 5.41) is 1.07. The van der Waals surface area contributed by atoms with Gasteiger partial charge in [-0.3, -0.25) is 4.79 Å². The molecule has 0 radical (unpaired) electrons. The van der Waals surface area contributed by atoms with E-state index in [2.05, 4.69) is 18.2 Å². The Morgan fingerprint density at radius 1 is 0.955 bits per heavy atom. The molecule has 0 unspecified atom stereocenters.